The Balaban J connectivity index is 2.34. The summed E-state index contributed by atoms with van der Waals surface area (Å²) in [5, 5.41) is 0. The molecule has 0 saturated carbocycles. The fourth-order valence-electron chi connectivity index (χ4n) is 3.98. The zero-order chi connectivity index (χ0) is 29.8. The van der Waals surface area contributed by atoms with Crippen LogP contribution in [0, 0.1) is 12.8 Å². The van der Waals surface area contributed by atoms with E-state index in [9.17, 15) is 14.4 Å². The van der Waals surface area contributed by atoms with E-state index in [0.29, 0.717) is 24.5 Å². The van der Waals surface area contributed by atoms with Crippen molar-refractivity contribution in [2.45, 2.75) is 98.6 Å². The van der Waals surface area contributed by atoms with E-state index < -0.39 is 41.2 Å². The van der Waals surface area contributed by atoms with E-state index >= 15 is 0 Å². The van der Waals surface area contributed by atoms with Crippen molar-refractivity contribution in [1.82, 2.24) is 9.88 Å². The van der Waals surface area contributed by atoms with Crippen molar-refractivity contribution in [2.24, 2.45) is 5.92 Å². The standard InChI is InChI=1S/C29H45N3O7/c1-12-13-32(25(34)38-28(6,7)8)23-15-19(2)14-21(30-23)16-20-17-31(24(33)37-27(3,4)5)18-22(20)36-26(35)39-29(9,10)11/h12,14-15,20,22H,1,13,16-18H2,2-11H3/t20-,22+/m1/s1. The average molecular weight is 548 g/mol. The Hall–Kier alpha value is -3.30. The van der Waals surface area contributed by atoms with Gasteiger partial charge in [-0.3, -0.25) is 4.90 Å². The number of amides is 2. The SMILES string of the molecule is C=CCN(C(=O)OC(C)(C)C)c1cc(C)cc(C[C@@H]2CN(C(=O)OC(C)(C)C)C[C@@H]2OC(=O)OC(C)(C)C)n1. The highest BCUT2D eigenvalue weighted by Gasteiger charge is 2.40. The first-order valence-corrected chi connectivity index (χ1v) is 13.2. The first-order chi connectivity index (χ1) is 17.8. The molecule has 1 saturated heterocycles. The molecule has 0 aliphatic carbocycles. The second kappa shape index (κ2) is 12.3. The molecular formula is C29H45N3O7. The highest BCUT2D eigenvalue weighted by Crippen LogP contribution is 2.28. The van der Waals surface area contributed by atoms with Crippen LogP contribution in [-0.2, 0) is 25.4 Å². The van der Waals surface area contributed by atoms with Crippen LogP contribution < -0.4 is 4.90 Å². The van der Waals surface area contributed by atoms with E-state index in [0.717, 1.165) is 5.56 Å². The first-order valence-electron chi connectivity index (χ1n) is 13.2. The van der Waals surface area contributed by atoms with Gasteiger partial charge in [0.05, 0.1) is 6.54 Å². The number of carbonyl (C=O) groups excluding carboxylic acids is 3. The van der Waals surface area contributed by atoms with Crippen LogP contribution in [0.4, 0.5) is 20.2 Å². The van der Waals surface area contributed by atoms with Crippen molar-refractivity contribution < 1.29 is 33.3 Å². The van der Waals surface area contributed by atoms with Gasteiger partial charge in [0.25, 0.3) is 0 Å². The lowest BCUT2D eigenvalue weighted by Gasteiger charge is -2.27. The Morgan fingerprint density at radius 1 is 0.974 bits per heavy atom. The lowest BCUT2D eigenvalue weighted by atomic mass is 9.99. The second-order valence-corrected chi connectivity index (χ2v) is 12.8. The van der Waals surface area contributed by atoms with Crippen molar-refractivity contribution in [3.63, 3.8) is 0 Å². The second-order valence-electron chi connectivity index (χ2n) is 12.8. The third-order valence-electron chi connectivity index (χ3n) is 5.35. The van der Waals surface area contributed by atoms with E-state index in [1.54, 1.807) is 74.5 Å². The van der Waals surface area contributed by atoms with Crippen LogP contribution in [0.2, 0.25) is 0 Å². The smallest absolute Gasteiger partial charge is 0.444 e. The van der Waals surface area contributed by atoms with Crippen molar-refractivity contribution in [3.8, 4) is 0 Å². The number of aryl methyl sites for hydroxylation is 1. The monoisotopic (exact) mass is 547 g/mol. The van der Waals surface area contributed by atoms with Gasteiger partial charge < -0.3 is 23.8 Å². The van der Waals surface area contributed by atoms with Crippen LogP contribution in [0.5, 0.6) is 0 Å². The Kier molecular flexibility index (Phi) is 10.0. The molecule has 1 aromatic rings. The number of hydrogen-bond acceptors (Lipinski definition) is 8. The molecule has 218 valence electrons. The van der Waals surface area contributed by atoms with E-state index in [4.69, 9.17) is 23.9 Å². The van der Waals surface area contributed by atoms with Crippen molar-refractivity contribution in [3.05, 3.63) is 36.0 Å². The fraction of sp³-hybridized carbons (Fsp3) is 0.655. The highest BCUT2D eigenvalue weighted by molar-refractivity contribution is 5.87. The molecular weight excluding hydrogens is 502 g/mol. The van der Waals surface area contributed by atoms with Crippen molar-refractivity contribution in [2.75, 3.05) is 24.5 Å². The molecule has 0 spiro atoms. The molecule has 2 atom stereocenters. The molecule has 0 N–H and O–H groups in total. The third-order valence-corrected chi connectivity index (χ3v) is 5.35. The van der Waals surface area contributed by atoms with E-state index in [1.807, 2.05) is 13.0 Å². The van der Waals surface area contributed by atoms with Gasteiger partial charge in [-0.05, 0) is 93.4 Å². The molecule has 2 heterocycles. The van der Waals surface area contributed by atoms with Crippen LogP contribution in [0.3, 0.4) is 0 Å². The zero-order valence-corrected chi connectivity index (χ0v) is 25.1. The molecule has 1 aliphatic rings. The van der Waals surface area contributed by atoms with Gasteiger partial charge in [0.1, 0.15) is 28.7 Å². The Morgan fingerprint density at radius 3 is 2.10 bits per heavy atom. The minimum absolute atomic E-state index is 0.165. The Bertz CT molecular complexity index is 1050. The molecule has 1 fully saturated rings. The van der Waals surface area contributed by atoms with Gasteiger partial charge in [0.2, 0.25) is 0 Å². The normalized spacial score (nSPS) is 17.8. The van der Waals surface area contributed by atoms with Gasteiger partial charge in [0.15, 0.2) is 0 Å². The van der Waals surface area contributed by atoms with Crippen molar-refractivity contribution in [1.29, 1.82) is 0 Å². The van der Waals surface area contributed by atoms with Crippen molar-refractivity contribution >= 4 is 24.2 Å². The van der Waals surface area contributed by atoms with Crippen LogP contribution in [0.15, 0.2) is 24.8 Å². The predicted molar refractivity (Wildman–Crippen MR) is 149 cm³/mol. The highest BCUT2D eigenvalue weighted by atomic mass is 16.7. The molecule has 10 heteroatoms. The topological polar surface area (TPSA) is 108 Å². The minimum atomic E-state index is -0.802. The number of anilines is 1. The summed E-state index contributed by atoms with van der Waals surface area (Å²) in [6, 6.07) is 3.71. The van der Waals surface area contributed by atoms with Gasteiger partial charge >= 0.3 is 18.3 Å². The third kappa shape index (κ3) is 10.8. The largest absolute Gasteiger partial charge is 0.509 e. The molecule has 39 heavy (non-hydrogen) atoms. The van der Waals surface area contributed by atoms with Gasteiger partial charge in [0, 0.05) is 24.7 Å². The molecule has 0 aromatic carbocycles. The van der Waals surface area contributed by atoms with Crippen LogP contribution >= 0.6 is 0 Å². The number of hydrogen-bond donors (Lipinski definition) is 0. The van der Waals surface area contributed by atoms with Gasteiger partial charge in [-0.1, -0.05) is 6.08 Å². The quantitative estimate of drug-likeness (QED) is 0.241. The molecule has 1 aromatic heterocycles. The number of pyridine rings is 1. The summed E-state index contributed by atoms with van der Waals surface area (Å²) in [6.45, 7) is 22.4. The number of likely N-dealkylation sites (tertiary alicyclic amines) is 1. The number of aromatic nitrogens is 1. The summed E-state index contributed by atoms with van der Waals surface area (Å²) in [4.78, 5) is 46.0. The number of rotatable bonds is 6. The lowest BCUT2D eigenvalue weighted by Crippen LogP contribution is -2.37. The number of ether oxygens (including phenoxy) is 4. The maximum Gasteiger partial charge on any atom is 0.509 e. The zero-order valence-electron chi connectivity index (χ0n) is 25.1. The van der Waals surface area contributed by atoms with Gasteiger partial charge in [-0.15, -0.1) is 6.58 Å². The molecule has 0 unspecified atom stereocenters. The van der Waals surface area contributed by atoms with E-state index in [2.05, 4.69) is 6.58 Å². The Labute approximate surface area is 232 Å². The van der Waals surface area contributed by atoms with Crippen LogP contribution in [0.1, 0.15) is 73.6 Å². The average Bonchev–Trinajstić information content (AvgIpc) is 3.09. The molecule has 0 radical (unpaired) electrons. The maximum atomic E-state index is 12.9. The number of nitrogens with zero attached hydrogens (tertiary/aromatic N) is 3. The van der Waals surface area contributed by atoms with Crippen LogP contribution in [-0.4, -0.2) is 70.8 Å². The van der Waals surface area contributed by atoms with Crippen LogP contribution in [0.25, 0.3) is 0 Å². The summed E-state index contributed by atoms with van der Waals surface area (Å²) in [7, 11) is 0. The maximum absolute atomic E-state index is 12.9. The summed E-state index contributed by atoms with van der Waals surface area (Å²) < 4.78 is 22.2. The fourth-order valence-corrected chi connectivity index (χ4v) is 3.98. The number of carbonyl (C=O) groups is 3. The summed E-state index contributed by atoms with van der Waals surface area (Å²) in [6.07, 6.45) is -0.458. The lowest BCUT2D eigenvalue weighted by molar-refractivity contribution is -0.0329. The summed E-state index contributed by atoms with van der Waals surface area (Å²) >= 11 is 0. The molecule has 0 bridgehead atoms. The summed E-state index contributed by atoms with van der Waals surface area (Å²) in [5.41, 5.74) is -0.500. The minimum Gasteiger partial charge on any atom is -0.444 e. The molecule has 1 aliphatic heterocycles. The van der Waals surface area contributed by atoms with Gasteiger partial charge in [-0.25, -0.2) is 19.4 Å². The Morgan fingerprint density at radius 2 is 1.56 bits per heavy atom. The molecule has 10 nitrogen and oxygen atoms in total. The molecule has 2 amide bonds. The van der Waals surface area contributed by atoms with E-state index in [-0.39, 0.29) is 19.0 Å². The van der Waals surface area contributed by atoms with Gasteiger partial charge in [-0.2, -0.15) is 0 Å². The molecule has 2 rings (SSSR count). The van der Waals surface area contributed by atoms with E-state index in [1.165, 1.54) is 9.80 Å². The predicted octanol–water partition coefficient (Wildman–Crippen LogP) is 6.05. The first kappa shape index (κ1) is 31.9. The summed E-state index contributed by atoms with van der Waals surface area (Å²) in [5.74, 6) is 0.146.